The molecule has 0 aliphatic carbocycles. The Labute approximate surface area is 184 Å². The zero-order valence-corrected chi connectivity index (χ0v) is 20.2. The van der Waals surface area contributed by atoms with Crippen LogP contribution < -0.4 is 0 Å². The second-order valence-electron chi connectivity index (χ2n) is 6.75. The fourth-order valence-corrected chi connectivity index (χ4v) is 4.73. The third-order valence-electron chi connectivity index (χ3n) is 4.14. The number of ether oxygens (including phenoxy) is 3. The van der Waals surface area contributed by atoms with Crippen molar-refractivity contribution in [1.82, 2.24) is 0 Å². The minimum absolute atomic E-state index is 0.258. The fourth-order valence-electron chi connectivity index (χ4n) is 2.68. The smallest absolute Gasteiger partial charge is 0.353 e. The third kappa shape index (κ3) is 9.46. The summed E-state index contributed by atoms with van der Waals surface area (Å²) in [5.41, 5.74) is 0. The summed E-state index contributed by atoms with van der Waals surface area (Å²) in [4.78, 5) is 29.3. The maximum Gasteiger partial charge on any atom is 0.353 e. The van der Waals surface area contributed by atoms with Gasteiger partial charge in [-0.05, 0) is 6.42 Å². The van der Waals surface area contributed by atoms with Crippen molar-refractivity contribution >= 4 is 22.8 Å². The van der Waals surface area contributed by atoms with Gasteiger partial charge >= 0.3 is 22.8 Å². The highest BCUT2D eigenvalue weighted by Crippen LogP contribution is 2.52. The van der Waals surface area contributed by atoms with E-state index < -0.39 is 72.5 Å². The SMILES string of the molecule is CCCCOC[C@H]1O[C@H](OC)[C@H](OP(=O)(O)CO)[C@@H](OP(=O)(O)CO)[C@H]1OP(=O)(O)CO. The quantitative estimate of drug-likeness (QED) is 0.118. The maximum atomic E-state index is 12.1. The van der Waals surface area contributed by atoms with E-state index in [0.29, 0.717) is 6.42 Å². The van der Waals surface area contributed by atoms with E-state index in [1.54, 1.807) is 0 Å². The van der Waals surface area contributed by atoms with Crippen molar-refractivity contribution in [3.8, 4) is 0 Å². The van der Waals surface area contributed by atoms with E-state index >= 15 is 0 Å². The molecule has 1 heterocycles. The molecule has 32 heavy (non-hydrogen) atoms. The molecular weight excluding hydrogens is 501 g/mol. The lowest BCUT2D eigenvalue weighted by molar-refractivity contribution is -0.284. The van der Waals surface area contributed by atoms with Crippen LogP contribution >= 0.6 is 22.8 Å². The van der Waals surface area contributed by atoms with Crippen molar-refractivity contribution in [3.05, 3.63) is 0 Å². The van der Waals surface area contributed by atoms with Crippen LogP contribution in [0.15, 0.2) is 0 Å². The van der Waals surface area contributed by atoms with Gasteiger partial charge in [0.05, 0.1) is 6.61 Å². The number of unbranched alkanes of at least 4 members (excludes halogenated alkanes) is 1. The van der Waals surface area contributed by atoms with Crippen LogP contribution in [0.3, 0.4) is 0 Å². The predicted molar refractivity (Wildman–Crippen MR) is 107 cm³/mol. The Kier molecular flexibility index (Phi) is 12.6. The first-order valence-electron chi connectivity index (χ1n) is 9.44. The molecule has 192 valence electrons. The molecule has 1 fully saturated rings. The van der Waals surface area contributed by atoms with Gasteiger partial charge in [0.25, 0.3) is 0 Å². The van der Waals surface area contributed by atoms with Gasteiger partial charge in [0.1, 0.15) is 43.5 Å². The van der Waals surface area contributed by atoms with Gasteiger partial charge in [-0.15, -0.1) is 0 Å². The van der Waals surface area contributed by atoms with Crippen molar-refractivity contribution in [2.45, 2.75) is 50.5 Å². The highest BCUT2D eigenvalue weighted by atomic mass is 31.2. The molecule has 8 atom stereocenters. The number of hydrogen-bond acceptors (Lipinski definition) is 12. The van der Waals surface area contributed by atoms with E-state index in [1.165, 1.54) is 0 Å². The Bertz CT molecular complexity index is 705. The Balaban J connectivity index is 3.41. The van der Waals surface area contributed by atoms with E-state index in [-0.39, 0.29) is 13.2 Å². The van der Waals surface area contributed by atoms with Crippen molar-refractivity contribution < 1.29 is 71.5 Å². The largest absolute Gasteiger partial charge is 0.384 e. The van der Waals surface area contributed by atoms with Crippen molar-refractivity contribution in [1.29, 1.82) is 0 Å². The predicted octanol–water partition coefficient (Wildman–Crippen LogP) is -0.264. The monoisotopic (exact) mass is 532 g/mol. The molecule has 6 N–H and O–H groups in total. The molecule has 1 aliphatic heterocycles. The van der Waals surface area contributed by atoms with E-state index in [1.807, 2.05) is 6.92 Å². The Morgan fingerprint density at radius 1 is 0.812 bits per heavy atom. The highest BCUT2D eigenvalue weighted by Gasteiger charge is 2.54. The summed E-state index contributed by atoms with van der Waals surface area (Å²) in [6.45, 7) is 1.87. The lowest BCUT2D eigenvalue weighted by Gasteiger charge is -2.45. The number of hydrogen-bond donors (Lipinski definition) is 6. The van der Waals surface area contributed by atoms with Gasteiger partial charge in [0.15, 0.2) is 6.29 Å². The molecule has 0 radical (unpaired) electrons. The van der Waals surface area contributed by atoms with Gasteiger partial charge in [0.2, 0.25) is 0 Å². The van der Waals surface area contributed by atoms with Gasteiger partial charge in [-0.2, -0.15) is 0 Å². The van der Waals surface area contributed by atoms with Crippen LogP contribution in [0.25, 0.3) is 0 Å². The number of methoxy groups -OCH3 is 1. The fraction of sp³-hybridized carbons (Fsp3) is 1.00. The molecule has 1 saturated heterocycles. The van der Waals surface area contributed by atoms with Gasteiger partial charge in [-0.25, -0.2) is 0 Å². The van der Waals surface area contributed by atoms with Crippen LogP contribution in [0.1, 0.15) is 19.8 Å². The summed E-state index contributed by atoms with van der Waals surface area (Å²) in [5, 5.41) is 27.4. The Morgan fingerprint density at radius 3 is 1.72 bits per heavy atom. The molecule has 0 spiro atoms. The first kappa shape index (κ1) is 30.2. The molecule has 15 nitrogen and oxygen atoms in total. The minimum Gasteiger partial charge on any atom is -0.384 e. The van der Waals surface area contributed by atoms with Gasteiger partial charge in [-0.1, -0.05) is 13.3 Å². The van der Waals surface area contributed by atoms with Crippen LogP contribution in [-0.2, 0) is 41.5 Å². The molecule has 0 saturated carbocycles. The summed E-state index contributed by atoms with van der Waals surface area (Å²) >= 11 is 0. The molecule has 0 aromatic carbocycles. The first-order valence-corrected chi connectivity index (χ1v) is 14.7. The Morgan fingerprint density at radius 2 is 1.28 bits per heavy atom. The van der Waals surface area contributed by atoms with Crippen LogP contribution in [0.5, 0.6) is 0 Å². The van der Waals surface area contributed by atoms with Crippen molar-refractivity contribution in [2.75, 3.05) is 39.4 Å². The number of aliphatic hydroxyl groups excluding tert-OH is 3. The molecule has 18 heteroatoms. The normalized spacial score (nSPS) is 32.1. The molecule has 0 amide bonds. The summed E-state index contributed by atoms with van der Waals surface area (Å²) in [5.74, 6) is 0. The summed E-state index contributed by atoms with van der Waals surface area (Å²) < 4.78 is 67.2. The van der Waals surface area contributed by atoms with E-state index in [0.717, 1.165) is 13.5 Å². The van der Waals surface area contributed by atoms with Crippen LogP contribution in [-0.4, -0.2) is 100 Å². The zero-order valence-electron chi connectivity index (χ0n) is 17.5. The lowest BCUT2D eigenvalue weighted by atomic mass is 9.99. The zero-order chi connectivity index (χ0) is 24.6. The van der Waals surface area contributed by atoms with Gasteiger partial charge < -0.3 is 44.2 Å². The minimum atomic E-state index is -4.79. The van der Waals surface area contributed by atoms with E-state index in [2.05, 4.69) is 0 Å². The first-order chi connectivity index (χ1) is 14.8. The maximum absolute atomic E-state index is 12.1. The van der Waals surface area contributed by atoms with Crippen molar-refractivity contribution in [2.24, 2.45) is 0 Å². The topological polar surface area (TPSA) is 228 Å². The molecule has 3 unspecified atom stereocenters. The molecule has 1 aliphatic rings. The molecule has 1 rings (SSSR count). The number of aliphatic hydroxyl groups is 3. The van der Waals surface area contributed by atoms with E-state index in [4.69, 9.17) is 43.1 Å². The highest BCUT2D eigenvalue weighted by molar-refractivity contribution is 7.53. The average molecular weight is 532 g/mol. The molecule has 0 bridgehead atoms. The summed E-state index contributed by atoms with van der Waals surface area (Å²) in [6, 6.07) is 0. The lowest BCUT2D eigenvalue weighted by Crippen LogP contribution is -2.61. The molecule has 0 aromatic heterocycles. The summed E-state index contributed by atoms with van der Waals surface area (Å²) in [7, 11) is -13.1. The van der Waals surface area contributed by atoms with E-state index in [9.17, 15) is 28.4 Å². The second-order valence-corrected chi connectivity index (χ2v) is 12.1. The van der Waals surface area contributed by atoms with Crippen LogP contribution in [0.2, 0.25) is 0 Å². The molecule has 0 aromatic rings. The summed E-state index contributed by atoms with van der Waals surface area (Å²) in [6.07, 6.45) is -11.0. The van der Waals surface area contributed by atoms with Crippen molar-refractivity contribution in [3.63, 3.8) is 0 Å². The molecular formula is C14H31O15P3. The van der Waals surface area contributed by atoms with Gasteiger partial charge in [-0.3, -0.25) is 27.3 Å². The van der Waals surface area contributed by atoms with Crippen LogP contribution in [0, 0.1) is 0 Å². The third-order valence-corrected chi connectivity index (χ3v) is 6.93. The second kappa shape index (κ2) is 13.3. The Hall–Kier alpha value is 0.210. The van der Waals surface area contributed by atoms with Crippen LogP contribution in [0.4, 0.5) is 0 Å². The standard InChI is InChI=1S/C14H31O15P3/c1-3-4-5-25-6-10-11(27-30(18,19)7-15)12(28-31(20,21)8-16)13(14(24-2)26-10)29-32(22,23)9-17/h10-17H,3-9H2,1-2H3,(H,18,19)(H,20,21)(H,22,23)/t10-,11+,12+,13-,14+/m1/s1. The number of rotatable bonds is 15. The van der Waals surface area contributed by atoms with Gasteiger partial charge in [0, 0.05) is 13.7 Å². The average Bonchev–Trinajstić information content (AvgIpc) is 2.74.